The third-order valence-corrected chi connectivity index (χ3v) is 5.85. The van der Waals surface area contributed by atoms with Crippen LogP contribution in [0.1, 0.15) is 6.42 Å². The Morgan fingerprint density at radius 1 is 1.00 bits per heavy atom. The zero-order valence-electron chi connectivity index (χ0n) is 10.9. The maximum absolute atomic E-state index is 5.55. The van der Waals surface area contributed by atoms with Crippen LogP contribution >= 0.6 is 0 Å². The minimum Gasteiger partial charge on any atom is -0.398 e. The Labute approximate surface area is 100 Å². The molecule has 0 aromatic carbocycles. The van der Waals surface area contributed by atoms with Crippen LogP contribution < -0.4 is 11.5 Å². The van der Waals surface area contributed by atoms with Gasteiger partial charge in [-0.15, -0.1) is 0 Å². The number of hydrogen-bond acceptors (Lipinski definition) is 5. The predicted molar refractivity (Wildman–Crippen MR) is 69.6 cm³/mol. The van der Waals surface area contributed by atoms with Crippen molar-refractivity contribution in [1.82, 2.24) is 4.90 Å². The molecule has 0 aliphatic rings. The van der Waals surface area contributed by atoms with E-state index in [0.717, 1.165) is 32.1 Å². The molecule has 5 nitrogen and oxygen atoms in total. The van der Waals surface area contributed by atoms with Crippen LogP contribution in [-0.4, -0.2) is 60.4 Å². The molecule has 0 saturated carbocycles. The fourth-order valence-electron chi connectivity index (χ4n) is 1.61. The van der Waals surface area contributed by atoms with Crippen LogP contribution in [0.5, 0.6) is 0 Å². The topological polar surface area (TPSA) is 73.7 Å². The average Bonchev–Trinajstić information content (AvgIpc) is 2.29. The van der Waals surface area contributed by atoms with Gasteiger partial charge >= 0.3 is 8.56 Å². The van der Waals surface area contributed by atoms with Crippen LogP contribution in [0.25, 0.3) is 0 Å². The molecule has 98 valence electrons. The SMILES string of the molecule is CO[Si](C)(CCCN(CCN)CCN)OC. The number of rotatable bonds is 10. The van der Waals surface area contributed by atoms with Crippen molar-refractivity contribution in [2.24, 2.45) is 11.5 Å². The first-order chi connectivity index (χ1) is 7.61. The lowest BCUT2D eigenvalue weighted by Crippen LogP contribution is -2.39. The van der Waals surface area contributed by atoms with Crippen LogP contribution in [0.15, 0.2) is 0 Å². The van der Waals surface area contributed by atoms with Gasteiger partial charge in [-0.25, -0.2) is 0 Å². The van der Waals surface area contributed by atoms with E-state index >= 15 is 0 Å². The molecule has 0 atom stereocenters. The van der Waals surface area contributed by atoms with Gasteiger partial charge in [0.05, 0.1) is 0 Å². The highest BCUT2D eigenvalue weighted by Gasteiger charge is 2.27. The first-order valence-electron chi connectivity index (χ1n) is 5.84. The lowest BCUT2D eigenvalue weighted by molar-refractivity contribution is 0.240. The third kappa shape index (κ3) is 6.57. The highest BCUT2D eigenvalue weighted by atomic mass is 28.4. The average molecular weight is 249 g/mol. The molecule has 0 heterocycles. The summed E-state index contributed by atoms with van der Waals surface area (Å²) in [5, 5.41) is 0. The second kappa shape index (κ2) is 9.09. The summed E-state index contributed by atoms with van der Waals surface area (Å²) >= 11 is 0. The van der Waals surface area contributed by atoms with Crippen LogP contribution in [0.3, 0.4) is 0 Å². The van der Waals surface area contributed by atoms with E-state index in [0.29, 0.717) is 13.1 Å². The van der Waals surface area contributed by atoms with Gasteiger partial charge < -0.3 is 25.2 Å². The molecule has 0 aliphatic carbocycles. The van der Waals surface area contributed by atoms with E-state index in [-0.39, 0.29) is 0 Å². The second-order valence-electron chi connectivity index (χ2n) is 4.06. The lowest BCUT2D eigenvalue weighted by Gasteiger charge is -2.25. The predicted octanol–water partition coefficient (Wildman–Crippen LogP) is -0.0393. The molecule has 4 N–H and O–H groups in total. The summed E-state index contributed by atoms with van der Waals surface area (Å²) in [5.74, 6) is 0. The van der Waals surface area contributed by atoms with E-state index in [1.165, 1.54) is 0 Å². The van der Waals surface area contributed by atoms with Gasteiger partial charge in [-0.2, -0.15) is 0 Å². The van der Waals surface area contributed by atoms with Gasteiger partial charge in [-0.05, 0) is 25.6 Å². The van der Waals surface area contributed by atoms with Gasteiger partial charge in [0.25, 0.3) is 0 Å². The molecule has 0 fully saturated rings. The first-order valence-corrected chi connectivity index (χ1v) is 8.37. The van der Waals surface area contributed by atoms with Crippen molar-refractivity contribution in [1.29, 1.82) is 0 Å². The van der Waals surface area contributed by atoms with Crippen LogP contribution in [0, 0.1) is 0 Å². The Kier molecular flexibility index (Phi) is 9.10. The maximum atomic E-state index is 5.55. The van der Waals surface area contributed by atoms with Crippen LogP contribution in [0.2, 0.25) is 12.6 Å². The molecule has 0 aromatic rings. The minimum atomic E-state index is -1.90. The smallest absolute Gasteiger partial charge is 0.334 e. The van der Waals surface area contributed by atoms with Gasteiger partial charge in [0.1, 0.15) is 0 Å². The number of nitrogens with zero attached hydrogens (tertiary/aromatic N) is 1. The fraction of sp³-hybridized carbons (Fsp3) is 1.00. The van der Waals surface area contributed by atoms with Crippen LogP contribution in [-0.2, 0) is 8.85 Å². The highest BCUT2D eigenvalue weighted by Crippen LogP contribution is 2.13. The second-order valence-corrected chi connectivity index (χ2v) is 7.65. The summed E-state index contributed by atoms with van der Waals surface area (Å²) in [6.07, 6.45) is 1.07. The molecule has 0 aromatic heterocycles. The summed E-state index contributed by atoms with van der Waals surface area (Å²) in [4.78, 5) is 2.29. The molecule has 0 radical (unpaired) electrons. The summed E-state index contributed by atoms with van der Waals surface area (Å²) in [5.41, 5.74) is 11.1. The molecule has 0 amide bonds. The Morgan fingerprint density at radius 2 is 1.50 bits per heavy atom. The molecule has 0 bridgehead atoms. The molecular weight excluding hydrogens is 222 g/mol. The summed E-state index contributed by atoms with van der Waals surface area (Å²) in [6.45, 7) is 6.30. The molecule has 0 rings (SSSR count). The van der Waals surface area contributed by atoms with Crippen molar-refractivity contribution < 1.29 is 8.85 Å². The number of hydrogen-bond donors (Lipinski definition) is 2. The molecule has 16 heavy (non-hydrogen) atoms. The molecular formula is C10H27N3O2Si. The summed E-state index contributed by atoms with van der Waals surface area (Å²) < 4.78 is 10.9. The van der Waals surface area contributed by atoms with Crippen molar-refractivity contribution in [2.45, 2.75) is 19.0 Å². The van der Waals surface area contributed by atoms with E-state index < -0.39 is 8.56 Å². The molecule has 0 spiro atoms. The van der Waals surface area contributed by atoms with Gasteiger partial charge in [0.2, 0.25) is 0 Å². The molecule has 0 saturated heterocycles. The van der Waals surface area contributed by atoms with E-state index in [1.807, 2.05) is 0 Å². The standard InChI is InChI=1S/C10H27N3O2Si/c1-14-16(3,15-2)10-4-7-13(8-5-11)9-6-12/h4-12H2,1-3H3. The summed E-state index contributed by atoms with van der Waals surface area (Å²) in [7, 11) is 1.56. The van der Waals surface area contributed by atoms with Crippen molar-refractivity contribution in [2.75, 3.05) is 46.9 Å². The van der Waals surface area contributed by atoms with Gasteiger partial charge in [-0.3, -0.25) is 0 Å². The molecule has 0 aliphatic heterocycles. The first kappa shape index (κ1) is 16.0. The Hall–Kier alpha value is 0.0169. The maximum Gasteiger partial charge on any atom is 0.334 e. The molecule has 0 unspecified atom stereocenters. The summed E-state index contributed by atoms with van der Waals surface area (Å²) in [6, 6.07) is 1.01. The largest absolute Gasteiger partial charge is 0.398 e. The minimum absolute atomic E-state index is 0.684. The van der Waals surface area contributed by atoms with E-state index in [2.05, 4.69) is 11.4 Å². The zero-order valence-corrected chi connectivity index (χ0v) is 11.9. The Bertz CT molecular complexity index is 162. The van der Waals surface area contributed by atoms with Gasteiger partial charge in [-0.1, -0.05) is 0 Å². The van der Waals surface area contributed by atoms with Crippen molar-refractivity contribution in [3.8, 4) is 0 Å². The van der Waals surface area contributed by atoms with Gasteiger partial charge in [0.15, 0.2) is 0 Å². The Balaban J connectivity index is 3.83. The van der Waals surface area contributed by atoms with E-state index in [4.69, 9.17) is 20.3 Å². The fourth-order valence-corrected chi connectivity index (χ4v) is 2.99. The van der Waals surface area contributed by atoms with Crippen molar-refractivity contribution in [3.63, 3.8) is 0 Å². The monoisotopic (exact) mass is 249 g/mol. The number of nitrogens with two attached hydrogens (primary N) is 2. The Morgan fingerprint density at radius 3 is 1.88 bits per heavy atom. The zero-order chi connectivity index (χ0) is 12.4. The normalized spacial score (nSPS) is 12.4. The van der Waals surface area contributed by atoms with Crippen molar-refractivity contribution in [3.05, 3.63) is 0 Å². The van der Waals surface area contributed by atoms with Crippen molar-refractivity contribution >= 4 is 8.56 Å². The quantitative estimate of drug-likeness (QED) is 0.532. The van der Waals surface area contributed by atoms with Crippen LogP contribution in [0.4, 0.5) is 0 Å². The lowest BCUT2D eigenvalue weighted by atomic mass is 10.4. The third-order valence-electron chi connectivity index (χ3n) is 2.86. The van der Waals surface area contributed by atoms with E-state index in [1.54, 1.807) is 14.2 Å². The van der Waals surface area contributed by atoms with E-state index in [9.17, 15) is 0 Å². The molecule has 6 heteroatoms. The highest BCUT2D eigenvalue weighted by molar-refractivity contribution is 6.65. The van der Waals surface area contributed by atoms with Gasteiger partial charge in [0, 0.05) is 40.4 Å².